The van der Waals surface area contributed by atoms with Crippen molar-refractivity contribution < 1.29 is 52.2 Å². The number of likely N-dealkylation sites (N-methyl/N-ethyl adjacent to an activating group) is 1. The molecule has 1 aliphatic carbocycles. The number of carbonyl (C=O) groups excluding carboxylic acids is 5. The second kappa shape index (κ2) is 25.5. The van der Waals surface area contributed by atoms with Crippen molar-refractivity contribution in [2.45, 2.75) is 174 Å². The second-order valence-corrected chi connectivity index (χ2v) is 20.8. The quantitative estimate of drug-likeness (QED) is 0.0677. The van der Waals surface area contributed by atoms with Crippen LogP contribution in [-0.4, -0.2) is 139 Å². The van der Waals surface area contributed by atoms with Crippen molar-refractivity contribution in [1.82, 2.24) is 25.3 Å². The summed E-state index contributed by atoms with van der Waals surface area (Å²) in [7, 11) is 0.422. The third-order valence-corrected chi connectivity index (χ3v) is 15.7. The third-order valence-electron chi connectivity index (χ3n) is 14.0. The molecule has 16 nitrogen and oxygen atoms in total. The SMILES string of the molecule is CCCCOC(=O)N1C2CCC(C2)C1C(=O)N[C@H](C(=O)N(C)[C@@H]([C@@H](C)CC)[C@@H](CC(=O)N1CCC[C@H]1[C@H](OC)[C@@H](C)C(=O)N[C@@H](Cc1ccccc1)P(=O)(O)OCCCC)OC)C(C)C. The fourth-order valence-corrected chi connectivity index (χ4v) is 11.4. The highest BCUT2D eigenvalue weighted by Gasteiger charge is 2.53. The van der Waals surface area contributed by atoms with Crippen LogP contribution in [-0.2, 0) is 48.9 Å². The summed E-state index contributed by atoms with van der Waals surface area (Å²) in [6, 6.07) is 6.43. The van der Waals surface area contributed by atoms with E-state index in [2.05, 4.69) is 10.6 Å². The minimum absolute atomic E-state index is 0.00809. The molecule has 2 saturated heterocycles. The van der Waals surface area contributed by atoms with Crippen molar-refractivity contribution in [3.05, 3.63) is 35.9 Å². The largest absolute Gasteiger partial charge is 0.449 e. The monoisotopic (exact) mass is 934 g/mol. The van der Waals surface area contributed by atoms with Gasteiger partial charge in [-0.1, -0.05) is 98.1 Å². The summed E-state index contributed by atoms with van der Waals surface area (Å²) in [5.41, 5.74) is 0.763. The average Bonchev–Trinajstić information content (AvgIpc) is 4.06. The van der Waals surface area contributed by atoms with E-state index in [1.807, 2.05) is 71.9 Å². The number of hydrogen-bond donors (Lipinski definition) is 3. The molecular weight excluding hydrogens is 854 g/mol. The number of rotatable bonds is 26. The maximum atomic E-state index is 14.6. The Hall–Kier alpha value is -3.56. The van der Waals surface area contributed by atoms with Crippen molar-refractivity contribution in [3.8, 4) is 0 Å². The molecule has 3 N–H and O–H groups in total. The van der Waals surface area contributed by atoms with Gasteiger partial charge in [-0.25, -0.2) is 4.79 Å². The number of nitrogens with zero attached hydrogens (tertiary/aromatic N) is 3. The standard InChI is InChI=1S/C48H80N5O11P/c1-11-14-26-63-48(58)53-36-24-23-35(29-36)43(53)46(56)50-41(31(4)5)47(57)51(8)42(32(6)13-3)38(61-9)30-40(54)52-25-19-22-37(52)44(62-10)33(7)45(55)49-39(28-34-20-17-16-18-21-34)65(59,60)64-27-15-12-2/h16-18,20-21,31-33,35-39,41-44H,11-15,19,22-30H2,1-10H3,(H,49,55)(H,50,56)(H,59,60)/t32-,33+,35?,36?,37-,38+,39+,41-,42-,43?,44+/m0/s1. The number of nitrogens with one attached hydrogen (secondary N) is 2. The Labute approximate surface area is 388 Å². The predicted molar refractivity (Wildman–Crippen MR) is 249 cm³/mol. The Bertz CT molecular complexity index is 1750. The van der Waals surface area contributed by atoms with Crippen LogP contribution >= 0.6 is 7.60 Å². The zero-order chi connectivity index (χ0) is 48.0. The number of ether oxygens (including phenoxy) is 3. The van der Waals surface area contributed by atoms with E-state index in [4.69, 9.17) is 18.7 Å². The number of piperidine rings is 1. The number of fused-ring (bicyclic) bond motifs is 2. The van der Waals surface area contributed by atoms with E-state index >= 15 is 0 Å². The average molecular weight is 934 g/mol. The van der Waals surface area contributed by atoms with Crippen molar-refractivity contribution in [2.75, 3.05) is 41.0 Å². The van der Waals surface area contributed by atoms with Crippen molar-refractivity contribution >= 4 is 37.3 Å². The molecule has 0 radical (unpaired) electrons. The summed E-state index contributed by atoms with van der Waals surface area (Å²) in [6.45, 7) is 14.2. The lowest BCUT2D eigenvalue weighted by Gasteiger charge is -2.41. The van der Waals surface area contributed by atoms with Gasteiger partial charge in [-0.05, 0) is 68.3 Å². The van der Waals surface area contributed by atoms with Crippen LogP contribution < -0.4 is 10.6 Å². The Balaban J connectivity index is 1.49. The predicted octanol–water partition coefficient (Wildman–Crippen LogP) is 6.52. The number of benzene rings is 1. The fourth-order valence-electron chi connectivity index (χ4n) is 10.1. The maximum Gasteiger partial charge on any atom is 0.410 e. The van der Waals surface area contributed by atoms with Gasteiger partial charge in [0.2, 0.25) is 23.6 Å². The van der Waals surface area contributed by atoms with E-state index in [-0.39, 0.29) is 61.0 Å². The first kappa shape index (κ1) is 54.0. The molecule has 3 fully saturated rings. The lowest BCUT2D eigenvalue weighted by Crippen LogP contribution is -2.60. The second-order valence-electron chi connectivity index (χ2n) is 18.8. The van der Waals surface area contributed by atoms with Gasteiger partial charge in [0.25, 0.3) is 0 Å². The van der Waals surface area contributed by atoms with Crippen molar-refractivity contribution in [2.24, 2.45) is 23.7 Å². The van der Waals surface area contributed by atoms with Crippen LogP contribution in [0.5, 0.6) is 0 Å². The molecule has 1 aromatic rings. The third kappa shape index (κ3) is 13.8. The first-order valence-corrected chi connectivity index (χ1v) is 25.8. The molecule has 4 unspecified atom stereocenters. The van der Waals surface area contributed by atoms with E-state index in [1.54, 1.807) is 28.7 Å². The van der Waals surface area contributed by atoms with Gasteiger partial charge in [0.05, 0.1) is 49.8 Å². The zero-order valence-corrected chi connectivity index (χ0v) is 41.6. The Morgan fingerprint density at radius 3 is 2.22 bits per heavy atom. The van der Waals surface area contributed by atoms with Gasteiger partial charge in [-0.2, -0.15) is 0 Å². The van der Waals surface area contributed by atoms with Crippen molar-refractivity contribution in [3.63, 3.8) is 0 Å². The number of hydrogen-bond acceptors (Lipinski definition) is 10. The van der Waals surface area contributed by atoms with Gasteiger partial charge in [0.15, 0.2) is 0 Å². The van der Waals surface area contributed by atoms with Crippen LogP contribution in [0.3, 0.4) is 0 Å². The summed E-state index contributed by atoms with van der Waals surface area (Å²) in [6.07, 6.45) is 5.36. The van der Waals surface area contributed by atoms with Gasteiger partial charge in [-0.15, -0.1) is 0 Å². The van der Waals surface area contributed by atoms with Crippen LogP contribution in [0.4, 0.5) is 4.79 Å². The van der Waals surface area contributed by atoms with Crippen LogP contribution in [0.25, 0.3) is 0 Å². The van der Waals surface area contributed by atoms with E-state index in [1.165, 1.54) is 14.2 Å². The Morgan fingerprint density at radius 2 is 1.60 bits per heavy atom. The van der Waals surface area contributed by atoms with Gasteiger partial charge < -0.3 is 44.1 Å². The molecule has 65 heavy (non-hydrogen) atoms. The highest BCUT2D eigenvalue weighted by atomic mass is 31.2. The summed E-state index contributed by atoms with van der Waals surface area (Å²) >= 11 is 0. The molecule has 3 aliphatic rings. The zero-order valence-electron chi connectivity index (χ0n) is 40.7. The molecule has 4 rings (SSSR count). The van der Waals surface area contributed by atoms with Crippen LogP contribution in [0.2, 0.25) is 0 Å². The van der Waals surface area contributed by atoms with E-state index < -0.39 is 67.7 Å². The van der Waals surface area contributed by atoms with Crippen LogP contribution in [0.1, 0.15) is 125 Å². The van der Waals surface area contributed by atoms with Gasteiger partial charge in [-0.3, -0.25) is 28.6 Å². The van der Waals surface area contributed by atoms with Gasteiger partial charge in [0.1, 0.15) is 17.9 Å². The summed E-state index contributed by atoms with van der Waals surface area (Å²) in [5, 5.41) is 5.85. The minimum Gasteiger partial charge on any atom is -0.449 e. The number of methoxy groups -OCH3 is 2. The van der Waals surface area contributed by atoms with Crippen LogP contribution in [0.15, 0.2) is 30.3 Å². The number of unbranched alkanes of at least 4 members (excludes halogenated alkanes) is 2. The first-order chi connectivity index (χ1) is 30.9. The molecule has 2 heterocycles. The molecule has 17 heteroatoms. The lowest BCUT2D eigenvalue weighted by atomic mass is 9.89. The van der Waals surface area contributed by atoms with Gasteiger partial charge in [0, 0.05) is 40.3 Å². The summed E-state index contributed by atoms with van der Waals surface area (Å²) in [4.78, 5) is 86.4. The van der Waals surface area contributed by atoms with Crippen molar-refractivity contribution in [1.29, 1.82) is 0 Å². The van der Waals surface area contributed by atoms with E-state index in [0.717, 1.165) is 44.1 Å². The molecule has 5 amide bonds. The molecule has 0 spiro atoms. The molecule has 1 aromatic carbocycles. The number of carbonyl (C=O) groups is 5. The Morgan fingerprint density at radius 1 is 0.923 bits per heavy atom. The number of likely N-dealkylation sites (tertiary alicyclic amines) is 2. The topological polar surface area (TPSA) is 193 Å². The fraction of sp³-hybridized carbons (Fsp3) is 0.771. The molecule has 2 aliphatic heterocycles. The molecule has 12 atom stereocenters. The minimum atomic E-state index is -4.29. The smallest absolute Gasteiger partial charge is 0.410 e. The van der Waals surface area contributed by atoms with Gasteiger partial charge >= 0.3 is 13.7 Å². The normalized spacial score (nSPS) is 23.5. The van der Waals surface area contributed by atoms with E-state index in [9.17, 15) is 33.4 Å². The first-order valence-electron chi connectivity index (χ1n) is 24.1. The Kier molecular flexibility index (Phi) is 21.2. The molecular formula is C48H80N5O11P. The van der Waals surface area contributed by atoms with E-state index in [0.29, 0.717) is 38.8 Å². The molecule has 368 valence electrons. The highest BCUT2D eigenvalue weighted by Crippen LogP contribution is 2.48. The molecule has 0 aromatic heterocycles. The molecule has 2 bridgehead atoms. The van der Waals surface area contributed by atoms with Crippen LogP contribution in [0, 0.1) is 23.7 Å². The molecule has 1 saturated carbocycles. The summed E-state index contributed by atoms with van der Waals surface area (Å²) in [5.74, 6) is -3.82. The lowest BCUT2D eigenvalue weighted by molar-refractivity contribution is -0.148. The summed E-state index contributed by atoms with van der Waals surface area (Å²) < 4.78 is 36.7. The highest BCUT2D eigenvalue weighted by molar-refractivity contribution is 7.53. The maximum absolute atomic E-state index is 14.6. The number of amides is 5.